The predicted molar refractivity (Wildman–Crippen MR) is 83.8 cm³/mol. The molecular weight excluding hydrogens is 270 g/mol. The molecule has 0 aliphatic heterocycles. The van der Waals surface area contributed by atoms with Crippen molar-refractivity contribution in [1.82, 2.24) is 0 Å². The standard InChI is InChI=1S/C15H23NO3Si/c1-5-15(16(17)18)14(11-12-19-20(2,3)4)13-9-7-6-8-10-13/h6-12,14-15H,5H2,1-4H3/b12-11+/t14-,15-/m0/s1. The first-order valence-electron chi connectivity index (χ1n) is 6.88. The lowest BCUT2D eigenvalue weighted by Crippen LogP contribution is -2.26. The third-order valence-electron chi connectivity index (χ3n) is 3.00. The van der Waals surface area contributed by atoms with Crippen LogP contribution in [-0.4, -0.2) is 19.3 Å². The van der Waals surface area contributed by atoms with Crippen LogP contribution in [0.2, 0.25) is 19.6 Å². The Kier molecular flexibility index (Phi) is 5.95. The van der Waals surface area contributed by atoms with E-state index in [-0.39, 0.29) is 10.8 Å². The average molecular weight is 293 g/mol. The van der Waals surface area contributed by atoms with Gasteiger partial charge in [0, 0.05) is 11.3 Å². The molecule has 1 aromatic carbocycles. The Bertz CT molecular complexity index is 454. The van der Waals surface area contributed by atoms with Crippen LogP contribution in [0.5, 0.6) is 0 Å². The van der Waals surface area contributed by atoms with Crippen LogP contribution < -0.4 is 0 Å². The summed E-state index contributed by atoms with van der Waals surface area (Å²) < 4.78 is 5.69. The quantitative estimate of drug-likeness (QED) is 0.328. The zero-order valence-electron chi connectivity index (χ0n) is 12.6. The van der Waals surface area contributed by atoms with Gasteiger partial charge in [-0.15, -0.1) is 0 Å². The molecule has 0 unspecified atom stereocenters. The first kappa shape index (κ1) is 16.4. The molecule has 0 amide bonds. The Morgan fingerprint density at radius 1 is 1.30 bits per heavy atom. The molecule has 0 aliphatic rings. The second-order valence-corrected chi connectivity index (χ2v) is 10.2. The molecule has 0 bridgehead atoms. The van der Waals surface area contributed by atoms with E-state index in [9.17, 15) is 10.1 Å². The van der Waals surface area contributed by atoms with Crippen molar-refractivity contribution in [2.24, 2.45) is 0 Å². The minimum atomic E-state index is -1.65. The smallest absolute Gasteiger partial charge is 0.241 e. The molecule has 0 spiro atoms. The molecule has 20 heavy (non-hydrogen) atoms. The number of nitro groups is 1. The van der Waals surface area contributed by atoms with Gasteiger partial charge in [-0.05, 0) is 31.3 Å². The molecule has 2 atom stereocenters. The van der Waals surface area contributed by atoms with E-state index >= 15 is 0 Å². The van der Waals surface area contributed by atoms with Gasteiger partial charge in [-0.25, -0.2) is 0 Å². The fraction of sp³-hybridized carbons (Fsp3) is 0.467. The molecule has 0 saturated carbocycles. The molecule has 0 radical (unpaired) electrons. The highest BCUT2D eigenvalue weighted by molar-refractivity contribution is 6.69. The van der Waals surface area contributed by atoms with Crippen molar-refractivity contribution in [3.05, 3.63) is 58.3 Å². The molecule has 0 heterocycles. The predicted octanol–water partition coefficient (Wildman–Crippen LogP) is 4.19. The van der Waals surface area contributed by atoms with Gasteiger partial charge in [-0.2, -0.15) is 0 Å². The highest BCUT2D eigenvalue weighted by Gasteiger charge is 2.29. The van der Waals surface area contributed by atoms with Crippen LogP contribution in [-0.2, 0) is 4.43 Å². The molecule has 1 aromatic rings. The lowest BCUT2D eigenvalue weighted by atomic mass is 9.90. The van der Waals surface area contributed by atoms with Gasteiger partial charge in [-0.1, -0.05) is 37.3 Å². The normalized spacial score (nSPS) is 15.0. The van der Waals surface area contributed by atoms with E-state index in [4.69, 9.17) is 4.43 Å². The van der Waals surface area contributed by atoms with Gasteiger partial charge in [0.25, 0.3) is 0 Å². The zero-order valence-corrected chi connectivity index (χ0v) is 13.6. The second-order valence-electron chi connectivity index (χ2n) is 5.76. The zero-order chi connectivity index (χ0) is 15.2. The van der Waals surface area contributed by atoms with Gasteiger partial charge in [0.15, 0.2) is 0 Å². The van der Waals surface area contributed by atoms with Crippen molar-refractivity contribution < 1.29 is 9.35 Å². The third-order valence-corrected chi connectivity index (χ3v) is 3.84. The lowest BCUT2D eigenvalue weighted by Gasteiger charge is -2.19. The van der Waals surface area contributed by atoms with E-state index in [1.54, 1.807) is 6.26 Å². The van der Waals surface area contributed by atoms with Crippen LogP contribution in [0.15, 0.2) is 42.7 Å². The summed E-state index contributed by atoms with van der Waals surface area (Å²) in [4.78, 5) is 11.0. The van der Waals surface area contributed by atoms with Crippen molar-refractivity contribution >= 4 is 8.32 Å². The first-order chi connectivity index (χ1) is 9.35. The Balaban J connectivity index is 2.99. The van der Waals surface area contributed by atoms with Gasteiger partial charge in [0.05, 0.1) is 12.2 Å². The van der Waals surface area contributed by atoms with Crippen molar-refractivity contribution in [3.8, 4) is 0 Å². The Morgan fingerprint density at radius 3 is 2.35 bits per heavy atom. The number of benzene rings is 1. The lowest BCUT2D eigenvalue weighted by molar-refractivity contribution is -0.525. The van der Waals surface area contributed by atoms with Crippen LogP contribution in [0.1, 0.15) is 24.8 Å². The topological polar surface area (TPSA) is 52.4 Å². The van der Waals surface area contributed by atoms with E-state index in [1.807, 2.05) is 43.3 Å². The largest absolute Gasteiger partial charge is 0.550 e. The maximum Gasteiger partial charge on any atom is 0.241 e. The molecule has 110 valence electrons. The summed E-state index contributed by atoms with van der Waals surface area (Å²) in [6, 6.07) is 8.95. The fourth-order valence-corrected chi connectivity index (χ4v) is 2.49. The monoisotopic (exact) mass is 293 g/mol. The highest BCUT2D eigenvalue weighted by Crippen LogP contribution is 2.25. The Hall–Kier alpha value is -1.62. The van der Waals surface area contributed by atoms with Gasteiger partial charge < -0.3 is 4.43 Å². The van der Waals surface area contributed by atoms with Crippen LogP contribution in [0.3, 0.4) is 0 Å². The molecule has 0 aromatic heterocycles. The van der Waals surface area contributed by atoms with E-state index in [1.165, 1.54) is 0 Å². The molecule has 0 N–H and O–H groups in total. The Labute approximate surface area is 121 Å². The van der Waals surface area contributed by atoms with Crippen molar-refractivity contribution in [2.45, 2.75) is 44.9 Å². The van der Waals surface area contributed by atoms with Crippen LogP contribution in [0.4, 0.5) is 0 Å². The van der Waals surface area contributed by atoms with E-state index < -0.39 is 14.4 Å². The molecule has 0 fully saturated rings. The fourth-order valence-electron chi connectivity index (χ4n) is 2.00. The SMILES string of the molecule is CC[C@@H]([C@@H](/C=C/O[Si](C)(C)C)c1ccccc1)[N+](=O)[O-]. The Morgan fingerprint density at radius 2 is 1.90 bits per heavy atom. The van der Waals surface area contributed by atoms with Crippen molar-refractivity contribution in [2.75, 3.05) is 0 Å². The van der Waals surface area contributed by atoms with Gasteiger partial charge in [0.2, 0.25) is 14.4 Å². The molecule has 5 heteroatoms. The number of nitrogens with zero attached hydrogens (tertiary/aromatic N) is 1. The summed E-state index contributed by atoms with van der Waals surface area (Å²) in [6.07, 6.45) is 3.96. The average Bonchev–Trinajstić information content (AvgIpc) is 2.37. The highest BCUT2D eigenvalue weighted by atomic mass is 28.4. The molecule has 0 aliphatic carbocycles. The maximum absolute atomic E-state index is 11.2. The van der Waals surface area contributed by atoms with Crippen molar-refractivity contribution in [3.63, 3.8) is 0 Å². The molecule has 1 rings (SSSR count). The molecule has 4 nitrogen and oxygen atoms in total. The summed E-state index contributed by atoms with van der Waals surface area (Å²) in [7, 11) is -1.65. The summed E-state index contributed by atoms with van der Waals surface area (Å²) >= 11 is 0. The first-order valence-corrected chi connectivity index (χ1v) is 10.3. The van der Waals surface area contributed by atoms with E-state index in [0.29, 0.717) is 6.42 Å². The summed E-state index contributed by atoms with van der Waals surface area (Å²) in [5.74, 6) is -0.257. The van der Waals surface area contributed by atoms with E-state index in [2.05, 4.69) is 19.6 Å². The van der Waals surface area contributed by atoms with Gasteiger partial charge >= 0.3 is 0 Å². The van der Waals surface area contributed by atoms with Crippen LogP contribution in [0, 0.1) is 10.1 Å². The van der Waals surface area contributed by atoms with Crippen molar-refractivity contribution in [1.29, 1.82) is 0 Å². The molecular formula is C15H23NO3Si. The third kappa shape index (κ3) is 5.17. The van der Waals surface area contributed by atoms with E-state index in [0.717, 1.165) is 5.56 Å². The summed E-state index contributed by atoms with van der Waals surface area (Å²) in [5.41, 5.74) is 0.950. The van der Waals surface area contributed by atoms with Crippen LogP contribution >= 0.6 is 0 Å². The van der Waals surface area contributed by atoms with Crippen LogP contribution in [0.25, 0.3) is 0 Å². The van der Waals surface area contributed by atoms with Gasteiger partial charge in [-0.3, -0.25) is 10.1 Å². The number of hydrogen-bond acceptors (Lipinski definition) is 3. The minimum absolute atomic E-state index is 0.198. The number of hydrogen-bond donors (Lipinski definition) is 0. The minimum Gasteiger partial charge on any atom is -0.550 e. The summed E-state index contributed by atoms with van der Waals surface area (Å²) in [6.45, 7) is 8.09. The number of rotatable bonds is 7. The summed E-state index contributed by atoms with van der Waals surface area (Å²) in [5, 5.41) is 11.2. The van der Waals surface area contributed by atoms with Gasteiger partial charge in [0.1, 0.15) is 0 Å². The second kappa shape index (κ2) is 7.24. The molecule has 0 saturated heterocycles. The maximum atomic E-state index is 11.2.